The van der Waals surface area contributed by atoms with E-state index in [-0.39, 0.29) is 24.2 Å². The van der Waals surface area contributed by atoms with Crippen molar-refractivity contribution in [3.8, 4) is 0 Å². The Morgan fingerprint density at radius 2 is 2.00 bits per heavy atom. The number of rotatable bonds is 3. The van der Waals surface area contributed by atoms with E-state index in [0.717, 1.165) is 41.5 Å². The highest BCUT2D eigenvalue weighted by atomic mass is 79.9. The number of carbonyl (C=O) groups is 1. The molecule has 0 saturated carbocycles. The molecule has 1 fully saturated rings. The number of hydrogen-bond donors (Lipinski definition) is 0. The van der Waals surface area contributed by atoms with Crippen molar-refractivity contribution in [2.45, 2.75) is 44.9 Å². The summed E-state index contributed by atoms with van der Waals surface area (Å²) in [7, 11) is 0. The summed E-state index contributed by atoms with van der Waals surface area (Å²) < 4.78 is 9.90. The summed E-state index contributed by atoms with van der Waals surface area (Å²) in [6.07, 6.45) is 3.81. The molecule has 0 spiro atoms. The molecule has 0 N–H and O–H groups in total. The molecule has 1 atom stereocenters. The van der Waals surface area contributed by atoms with E-state index in [4.69, 9.17) is 4.74 Å². The number of aryl methyl sites for hydroxylation is 1. The summed E-state index contributed by atoms with van der Waals surface area (Å²) in [6, 6.07) is 7.94. The molecule has 1 unspecified atom stereocenters. The van der Waals surface area contributed by atoms with Gasteiger partial charge in [0.2, 0.25) is 5.91 Å². The van der Waals surface area contributed by atoms with Crippen LogP contribution in [0.2, 0.25) is 0 Å². The van der Waals surface area contributed by atoms with Gasteiger partial charge in [-0.3, -0.25) is 9.36 Å². The summed E-state index contributed by atoms with van der Waals surface area (Å²) in [5, 5.41) is 4.42. The molecule has 0 radical (unpaired) electrons. The summed E-state index contributed by atoms with van der Waals surface area (Å²) in [6.45, 7) is 2.20. The minimum absolute atomic E-state index is 0.00804. The number of benzene rings is 1. The summed E-state index contributed by atoms with van der Waals surface area (Å²) in [5.41, 5.74) is 0.875. The van der Waals surface area contributed by atoms with Gasteiger partial charge in [-0.25, -0.2) is 9.48 Å². The number of amides is 1. The second kappa shape index (κ2) is 7.98. The Kier molecular flexibility index (Phi) is 5.45. The van der Waals surface area contributed by atoms with Crippen LogP contribution in [0.3, 0.4) is 0 Å². The van der Waals surface area contributed by atoms with Crippen LogP contribution in [0.5, 0.6) is 0 Å². The molecule has 2 aliphatic rings. The van der Waals surface area contributed by atoms with Gasteiger partial charge in [0.15, 0.2) is 0 Å². The molecular weight excluding hydrogens is 412 g/mol. The van der Waals surface area contributed by atoms with Gasteiger partial charge in [0.25, 0.3) is 0 Å². The van der Waals surface area contributed by atoms with E-state index in [1.165, 1.54) is 4.68 Å². The molecule has 0 aliphatic carbocycles. The number of fused-ring (bicyclic) bond motifs is 1. The average Bonchev–Trinajstić information content (AvgIpc) is 2.85. The van der Waals surface area contributed by atoms with E-state index in [1.54, 1.807) is 9.47 Å². The maximum absolute atomic E-state index is 12.8. The molecule has 4 rings (SSSR count). The second-order valence-electron chi connectivity index (χ2n) is 7.07. The number of carbonyl (C=O) groups excluding carboxylic acids is 1. The Hall–Kier alpha value is -1.93. The Balaban J connectivity index is 1.45. The number of morpholine rings is 1. The fourth-order valence-electron chi connectivity index (χ4n) is 3.71. The molecule has 2 aliphatic heterocycles. The standard InChI is InChI=1S/C19H23BrN4O3/c20-15-7-5-14(6-8-15)16-12-22(10-11-27-16)18(25)13-24-19(26)23-9-3-1-2-4-17(23)21-24/h5-8,16H,1-4,9-13H2. The third kappa shape index (κ3) is 4.01. The average molecular weight is 435 g/mol. The minimum atomic E-state index is -0.169. The molecule has 7 nitrogen and oxygen atoms in total. The van der Waals surface area contributed by atoms with Crippen molar-refractivity contribution in [2.24, 2.45) is 0 Å². The first-order valence-corrected chi connectivity index (χ1v) is 10.2. The molecule has 144 valence electrons. The van der Waals surface area contributed by atoms with Gasteiger partial charge in [-0.1, -0.05) is 34.5 Å². The molecule has 0 bridgehead atoms. The lowest BCUT2D eigenvalue weighted by molar-refractivity contribution is -0.139. The van der Waals surface area contributed by atoms with Crippen molar-refractivity contribution in [1.29, 1.82) is 0 Å². The summed E-state index contributed by atoms with van der Waals surface area (Å²) in [4.78, 5) is 27.1. The molecule has 1 amide bonds. The van der Waals surface area contributed by atoms with Gasteiger partial charge < -0.3 is 9.64 Å². The Bertz CT molecular complexity index is 874. The Morgan fingerprint density at radius 1 is 1.19 bits per heavy atom. The van der Waals surface area contributed by atoms with Gasteiger partial charge in [-0.05, 0) is 30.5 Å². The predicted molar refractivity (Wildman–Crippen MR) is 103 cm³/mol. The highest BCUT2D eigenvalue weighted by Crippen LogP contribution is 2.24. The van der Waals surface area contributed by atoms with Crippen LogP contribution in [-0.4, -0.2) is 44.9 Å². The first-order valence-electron chi connectivity index (χ1n) is 9.43. The quantitative estimate of drug-likeness (QED) is 0.741. The van der Waals surface area contributed by atoms with E-state index in [1.807, 2.05) is 24.3 Å². The number of ether oxygens (including phenoxy) is 1. The molecular formula is C19H23BrN4O3. The number of nitrogens with zero attached hydrogens (tertiary/aromatic N) is 4. The van der Waals surface area contributed by atoms with Crippen molar-refractivity contribution < 1.29 is 9.53 Å². The predicted octanol–water partition coefficient (Wildman–Crippen LogP) is 2.13. The topological polar surface area (TPSA) is 69.4 Å². The third-order valence-corrected chi connectivity index (χ3v) is 5.76. The zero-order valence-electron chi connectivity index (χ0n) is 15.1. The van der Waals surface area contributed by atoms with Gasteiger partial charge in [0, 0.05) is 24.0 Å². The second-order valence-corrected chi connectivity index (χ2v) is 7.99. The van der Waals surface area contributed by atoms with E-state index in [9.17, 15) is 9.59 Å². The lowest BCUT2D eigenvalue weighted by atomic mass is 10.1. The Morgan fingerprint density at radius 3 is 2.81 bits per heavy atom. The van der Waals surface area contributed by atoms with Crippen molar-refractivity contribution in [1.82, 2.24) is 19.2 Å². The zero-order valence-corrected chi connectivity index (χ0v) is 16.7. The molecule has 2 aromatic rings. The van der Waals surface area contributed by atoms with Crippen LogP contribution in [-0.2, 0) is 29.0 Å². The fourth-order valence-corrected chi connectivity index (χ4v) is 3.98. The van der Waals surface area contributed by atoms with E-state index < -0.39 is 0 Å². The molecule has 3 heterocycles. The largest absolute Gasteiger partial charge is 0.370 e. The lowest BCUT2D eigenvalue weighted by Gasteiger charge is -2.33. The molecule has 1 aromatic heterocycles. The summed E-state index contributed by atoms with van der Waals surface area (Å²) in [5.74, 6) is 0.718. The number of hydrogen-bond acceptors (Lipinski definition) is 4. The molecule has 1 aromatic carbocycles. The molecule has 27 heavy (non-hydrogen) atoms. The van der Waals surface area contributed by atoms with Crippen LogP contribution in [0.1, 0.15) is 36.8 Å². The van der Waals surface area contributed by atoms with Gasteiger partial charge in [-0.2, -0.15) is 5.10 Å². The van der Waals surface area contributed by atoms with Crippen molar-refractivity contribution in [3.05, 3.63) is 50.6 Å². The van der Waals surface area contributed by atoms with Gasteiger partial charge in [0.05, 0.1) is 13.2 Å². The number of halogens is 1. The van der Waals surface area contributed by atoms with Gasteiger partial charge in [-0.15, -0.1) is 0 Å². The minimum Gasteiger partial charge on any atom is -0.370 e. The van der Waals surface area contributed by atoms with Gasteiger partial charge in [0.1, 0.15) is 18.5 Å². The Labute approximate surface area is 166 Å². The highest BCUT2D eigenvalue weighted by Gasteiger charge is 2.26. The summed E-state index contributed by atoms with van der Waals surface area (Å²) >= 11 is 3.43. The SMILES string of the molecule is O=C(Cn1nc2n(c1=O)CCCCC2)N1CCOC(c2ccc(Br)cc2)C1. The fraction of sp³-hybridized carbons (Fsp3) is 0.526. The smallest absolute Gasteiger partial charge is 0.346 e. The first-order chi connectivity index (χ1) is 13.1. The number of aromatic nitrogens is 3. The van der Waals surface area contributed by atoms with E-state index in [0.29, 0.717) is 26.2 Å². The highest BCUT2D eigenvalue weighted by molar-refractivity contribution is 9.10. The van der Waals surface area contributed by atoms with E-state index >= 15 is 0 Å². The van der Waals surface area contributed by atoms with Crippen LogP contribution in [0.25, 0.3) is 0 Å². The van der Waals surface area contributed by atoms with Gasteiger partial charge >= 0.3 is 5.69 Å². The van der Waals surface area contributed by atoms with Crippen molar-refractivity contribution in [3.63, 3.8) is 0 Å². The van der Waals surface area contributed by atoms with Crippen molar-refractivity contribution >= 4 is 21.8 Å². The first kappa shape index (κ1) is 18.4. The van der Waals surface area contributed by atoms with Crippen molar-refractivity contribution in [2.75, 3.05) is 19.7 Å². The third-order valence-electron chi connectivity index (χ3n) is 5.23. The zero-order chi connectivity index (χ0) is 18.8. The van der Waals surface area contributed by atoms with Crippen LogP contribution in [0.4, 0.5) is 0 Å². The monoisotopic (exact) mass is 434 g/mol. The molecule has 1 saturated heterocycles. The van der Waals surface area contributed by atoms with Crippen LogP contribution in [0, 0.1) is 0 Å². The van der Waals surface area contributed by atoms with E-state index in [2.05, 4.69) is 21.0 Å². The van der Waals surface area contributed by atoms with Crippen LogP contribution in [0.15, 0.2) is 33.5 Å². The lowest BCUT2D eigenvalue weighted by Crippen LogP contribution is -2.44. The normalized spacial score (nSPS) is 20.2. The maximum Gasteiger partial charge on any atom is 0.346 e. The van der Waals surface area contributed by atoms with Crippen LogP contribution >= 0.6 is 15.9 Å². The van der Waals surface area contributed by atoms with Crippen LogP contribution < -0.4 is 5.69 Å². The maximum atomic E-state index is 12.8. The molecule has 8 heteroatoms.